The first kappa shape index (κ1) is 18.9. The van der Waals surface area contributed by atoms with Gasteiger partial charge in [-0.05, 0) is 36.7 Å². The molecule has 6 nitrogen and oxygen atoms in total. The molecule has 0 unspecified atom stereocenters. The van der Waals surface area contributed by atoms with Gasteiger partial charge in [0.2, 0.25) is 0 Å². The van der Waals surface area contributed by atoms with Gasteiger partial charge in [-0.2, -0.15) is 0 Å². The maximum absolute atomic E-state index is 12.5. The van der Waals surface area contributed by atoms with Crippen LogP contribution in [0.3, 0.4) is 0 Å². The minimum Gasteiger partial charge on any atom is -0.336 e. The third-order valence-corrected chi connectivity index (χ3v) is 3.77. The van der Waals surface area contributed by atoms with Gasteiger partial charge in [-0.3, -0.25) is 4.79 Å². The summed E-state index contributed by atoms with van der Waals surface area (Å²) in [6.45, 7) is 5.72. The van der Waals surface area contributed by atoms with E-state index in [1.807, 2.05) is 31.2 Å². The van der Waals surface area contributed by atoms with E-state index in [-0.39, 0.29) is 18.3 Å². The Balaban J connectivity index is 0.00000225. The highest BCUT2D eigenvalue weighted by molar-refractivity contribution is 6.05. The van der Waals surface area contributed by atoms with Crippen molar-refractivity contribution in [2.75, 3.05) is 11.9 Å². The van der Waals surface area contributed by atoms with Crippen LogP contribution < -0.4 is 10.6 Å². The first-order valence-electron chi connectivity index (χ1n) is 8.06. The molecule has 0 spiro atoms. The maximum Gasteiger partial charge on any atom is 0.257 e. The Morgan fingerprint density at radius 1 is 1.24 bits per heavy atom. The number of rotatable bonds is 6. The normalized spacial score (nSPS) is 10.5. The van der Waals surface area contributed by atoms with Gasteiger partial charge in [0, 0.05) is 18.4 Å². The largest absolute Gasteiger partial charge is 0.336 e. The van der Waals surface area contributed by atoms with Crippen molar-refractivity contribution in [3.05, 3.63) is 53.3 Å². The number of carbonyl (C=O) groups excluding carboxylic acids is 1. The van der Waals surface area contributed by atoms with Crippen LogP contribution in [0.2, 0.25) is 0 Å². The summed E-state index contributed by atoms with van der Waals surface area (Å²) in [5, 5.41) is 10.9. The Labute approximate surface area is 152 Å². The zero-order valence-corrected chi connectivity index (χ0v) is 15.0. The Bertz CT molecular complexity index is 863. The zero-order chi connectivity index (χ0) is 16.9. The minimum absolute atomic E-state index is 0. The van der Waals surface area contributed by atoms with Crippen LogP contribution in [0.15, 0.2) is 41.1 Å². The molecule has 7 heteroatoms. The number of hydrogen-bond donors (Lipinski definition) is 2. The molecule has 3 aromatic rings. The van der Waals surface area contributed by atoms with Crippen LogP contribution in [0.1, 0.15) is 35.5 Å². The number of carbonyl (C=O) groups is 1. The van der Waals surface area contributed by atoms with Gasteiger partial charge in [-0.25, -0.2) is 4.98 Å². The Hall–Kier alpha value is -2.44. The SMILES string of the molecule is CCNCc1cccc(NC(=O)c2cnc3onc(CC)c3c2)c1.Cl. The van der Waals surface area contributed by atoms with E-state index in [1.54, 1.807) is 6.07 Å². The zero-order valence-electron chi connectivity index (χ0n) is 14.2. The molecule has 0 aliphatic carbocycles. The topological polar surface area (TPSA) is 80.0 Å². The molecule has 3 rings (SSSR count). The predicted molar refractivity (Wildman–Crippen MR) is 100 cm³/mol. The number of pyridine rings is 1. The highest BCUT2D eigenvalue weighted by atomic mass is 35.5. The molecule has 0 saturated carbocycles. The summed E-state index contributed by atoms with van der Waals surface area (Å²) in [5.74, 6) is -0.201. The molecule has 0 radical (unpaired) electrons. The van der Waals surface area contributed by atoms with E-state index in [0.717, 1.165) is 41.8 Å². The van der Waals surface area contributed by atoms with Crippen LogP contribution >= 0.6 is 12.4 Å². The van der Waals surface area contributed by atoms with Crippen molar-refractivity contribution in [3.63, 3.8) is 0 Å². The van der Waals surface area contributed by atoms with E-state index in [4.69, 9.17) is 4.52 Å². The quantitative estimate of drug-likeness (QED) is 0.702. The number of aromatic nitrogens is 2. The number of benzene rings is 1. The van der Waals surface area contributed by atoms with E-state index < -0.39 is 0 Å². The Kier molecular flexibility index (Phi) is 6.50. The maximum atomic E-state index is 12.5. The molecule has 2 N–H and O–H groups in total. The summed E-state index contributed by atoms with van der Waals surface area (Å²) in [4.78, 5) is 16.7. The smallest absolute Gasteiger partial charge is 0.257 e. The first-order chi connectivity index (χ1) is 11.7. The first-order valence-corrected chi connectivity index (χ1v) is 8.06. The van der Waals surface area contributed by atoms with E-state index in [2.05, 4.69) is 27.7 Å². The Morgan fingerprint density at radius 3 is 2.84 bits per heavy atom. The van der Waals surface area contributed by atoms with Crippen molar-refractivity contribution in [1.82, 2.24) is 15.5 Å². The van der Waals surface area contributed by atoms with Crippen LogP contribution in [0.4, 0.5) is 5.69 Å². The number of anilines is 1. The summed E-state index contributed by atoms with van der Waals surface area (Å²) in [7, 11) is 0. The highest BCUT2D eigenvalue weighted by Crippen LogP contribution is 2.19. The van der Waals surface area contributed by atoms with Crippen LogP contribution in [-0.4, -0.2) is 22.6 Å². The molecule has 25 heavy (non-hydrogen) atoms. The highest BCUT2D eigenvalue weighted by Gasteiger charge is 2.13. The summed E-state index contributed by atoms with van der Waals surface area (Å²) >= 11 is 0. The number of nitrogens with one attached hydrogen (secondary N) is 2. The molecule has 0 bridgehead atoms. The van der Waals surface area contributed by atoms with Crippen molar-refractivity contribution >= 4 is 35.1 Å². The van der Waals surface area contributed by atoms with Crippen LogP contribution in [0.25, 0.3) is 11.1 Å². The van der Waals surface area contributed by atoms with Gasteiger partial charge in [-0.15, -0.1) is 12.4 Å². The van der Waals surface area contributed by atoms with E-state index >= 15 is 0 Å². The third-order valence-electron chi connectivity index (χ3n) is 3.77. The van der Waals surface area contributed by atoms with Crippen LogP contribution in [0, 0.1) is 0 Å². The van der Waals surface area contributed by atoms with Crippen molar-refractivity contribution in [1.29, 1.82) is 0 Å². The number of fused-ring (bicyclic) bond motifs is 1. The van der Waals surface area contributed by atoms with E-state index in [0.29, 0.717) is 11.3 Å². The second-order valence-corrected chi connectivity index (χ2v) is 5.49. The van der Waals surface area contributed by atoms with Crippen molar-refractivity contribution < 1.29 is 9.32 Å². The Morgan fingerprint density at radius 2 is 2.08 bits per heavy atom. The molecule has 0 aliphatic rings. The molecular weight excluding hydrogens is 340 g/mol. The average Bonchev–Trinajstić information content (AvgIpc) is 3.02. The van der Waals surface area contributed by atoms with Crippen LogP contribution in [-0.2, 0) is 13.0 Å². The van der Waals surface area contributed by atoms with Gasteiger partial charge in [0.1, 0.15) is 0 Å². The molecule has 132 valence electrons. The van der Waals surface area contributed by atoms with Crippen molar-refractivity contribution in [3.8, 4) is 0 Å². The molecule has 0 saturated heterocycles. The van der Waals surface area contributed by atoms with Gasteiger partial charge in [0.05, 0.1) is 16.6 Å². The van der Waals surface area contributed by atoms with Gasteiger partial charge < -0.3 is 15.2 Å². The second kappa shape index (κ2) is 8.60. The fourth-order valence-electron chi connectivity index (χ4n) is 2.49. The average molecular weight is 361 g/mol. The second-order valence-electron chi connectivity index (χ2n) is 5.49. The monoisotopic (exact) mass is 360 g/mol. The number of nitrogens with zero attached hydrogens (tertiary/aromatic N) is 2. The van der Waals surface area contributed by atoms with Crippen LogP contribution in [0.5, 0.6) is 0 Å². The summed E-state index contributed by atoms with van der Waals surface area (Å²) in [6.07, 6.45) is 2.23. The summed E-state index contributed by atoms with van der Waals surface area (Å²) in [6, 6.07) is 9.56. The lowest BCUT2D eigenvalue weighted by Crippen LogP contribution is -2.14. The van der Waals surface area contributed by atoms with Gasteiger partial charge >= 0.3 is 0 Å². The lowest BCUT2D eigenvalue weighted by atomic mass is 10.1. The number of amides is 1. The molecule has 0 fully saturated rings. The molecular formula is C18H21ClN4O2. The summed E-state index contributed by atoms with van der Waals surface area (Å²) < 4.78 is 5.15. The number of hydrogen-bond acceptors (Lipinski definition) is 5. The standard InChI is InChI=1S/C18H20N4O2.ClH/c1-3-16-15-9-13(11-20-18(15)24-22-16)17(23)21-14-7-5-6-12(8-14)10-19-4-2;/h5-9,11,19H,3-4,10H2,1-2H3,(H,21,23);1H. The van der Waals surface area contributed by atoms with E-state index in [9.17, 15) is 4.79 Å². The lowest BCUT2D eigenvalue weighted by Gasteiger charge is -2.08. The fourth-order valence-corrected chi connectivity index (χ4v) is 2.49. The molecule has 1 aromatic carbocycles. The predicted octanol–water partition coefficient (Wildman–Crippen LogP) is 3.57. The lowest BCUT2D eigenvalue weighted by molar-refractivity contribution is 0.102. The molecule has 0 atom stereocenters. The van der Waals surface area contributed by atoms with Gasteiger partial charge in [-0.1, -0.05) is 31.1 Å². The van der Waals surface area contributed by atoms with Gasteiger partial charge in [0.25, 0.3) is 11.6 Å². The van der Waals surface area contributed by atoms with Crippen molar-refractivity contribution in [2.24, 2.45) is 0 Å². The molecule has 0 aliphatic heterocycles. The number of halogens is 1. The van der Waals surface area contributed by atoms with Gasteiger partial charge in [0.15, 0.2) is 0 Å². The van der Waals surface area contributed by atoms with E-state index in [1.165, 1.54) is 6.20 Å². The molecule has 2 aromatic heterocycles. The van der Waals surface area contributed by atoms with Crippen molar-refractivity contribution in [2.45, 2.75) is 26.8 Å². The summed E-state index contributed by atoms with van der Waals surface area (Å²) in [5.41, 5.74) is 3.63. The fraction of sp³-hybridized carbons (Fsp3) is 0.278. The third kappa shape index (κ3) is 4.35. The minimum atomic E-state index is -0.201. The number of aryl methyl sites for hydroxylation is 1. The molecule has 1 amide bonds. The molecule has 2 heterocycles.